The molecule has 1 heterocycles. The second kappa shape index (κ2) is 10.6. The zero-order chi connectivity index (χ0) is 23.3. The summed E-state index contributed by atoms with van der Waals surface area (Å²) in [5.41, 5.74) is -0.260. The van der Waals surface area contributed by atoms with Gasteiger partial charge in [-0.05, 0) is 63.8 Å². The van der Waals surface area contributed by atoms with Gasteiger partial charge in [0.05, 0.1) is 11.3 Å². The number of amides is 3. The van der Waals surface area contributed by atoms with Crippen LogP contribution in [0.5, 0.6) is 0 Å². The predicted octanol–water partition coefficient (Wildman–Crippen LogP) is 3.49. The summed E-state index contributed by atoms with van der Waals surface area (Å²) >= 11 is 5.96. The normalized spacial score (nSPS) is 24.0. The van der Waals surface area contributed by atoms with Gasteiger partial charge in [0.1, 0.15) is 5.82 Å². The number of nitrogens with zero attached hydrogens (tertiary/aromatic N) is 1. The summed E-state index contributed by atoms with van der Waals surface area (Å²) in [6.07, 6.45) is 5.02. The zero-order valence-corrected chi connectivity index (χ0v) is 19.6. The lowest BCUT2D eigenvalue weighted by Crippen LogP contribution is -2.56. The minimum absolute atomic E-state index is 0.0212. The molecule has 176 valence electrons. The Bertz CT molecular complexity index is 830. The molecule has 8 heteroatoms. The molecule has 1 aliphatic heterocycles. The maximum atomic E-state index is 13.1. The third kappa shape index (κ3) is 6.00. The van der Waals surface area contributed by atoms with Gasteiger partial charge in [-0.1, -0.05) is 12.8 Å². The third-order valence-corrected chi connectivity index (χ3v) is 7.18. The van der Waals surface area contributed by atoms with Crippen molar-refractivity contribution >= 4 is 29.3 Å². The van der Waals surface area contributed by atoms with Gasteiger partial charge in [-0.2, -0.15) is 0 Å². The summed E-state index contributed by atoms with van der Waals surface area (Å²) < 4.78 is 13.1. The molecule has 6 nitrogen and oxygen atoms in total. The Morgan fingerprint density at radius 3 is 2.28 bits per heavy atom. The van der Waals surface area contributed by atoms with Gasteiger partial charge in [-0.3, -0.25) is 14.4 Å². The molecule has 0 bridgehead atoms. The summed E-state index contributed by atoms with van der Waals surface area (Å²) in [5.74, 6) is -0.787. The summed E-state index contributed by atoms with van der Waals surface area (Å²) in [6, 6.07) is 5.09. The van der Waals surface area contributed by atoms with E-state index in [2.05, 4.69) is 10.6 Å². The van der Waals surface area contributed by atoms with E-state index in [1.807, 2.05) is 13.8 Å². The molecule has 0 radical (unpaired) electrons. The monoisotopic (exact) mass is 465 g/mol. The summed E-state index contributed by atoms with van der Waals surface area (Å²) in [5, 5.41) is 6.15. The number of hydrogen-bond donors (Lipinski definition) is 2. The van der Waals surface area contributed by atoms with Gasteiger partial charge in [-0.25, -0.2) is 4.39 Å². The van der Waals surface area contributed by atoms with Crippen molar-refractivity contribution in [3.05, 3.63) is 35.6 Å². The molecule has 2 aliphatic rings. The standard InChI is InChI=1S/C24H33ClFN3O3/c1-24(2,15-25)23(32)29-13-5-6-17(14-29)22(31)28-20-8-4-3-7-19(20)27-21(30)16-9-11-18(26)12-10-16/h9-12,17,19-20H,3-8,13-15H2,1-2H3,(H,27,30)(H,28,31)/t17-,19+,20+/m0/s1. The van der Waals surface area contributed by atoms with Crippen molar-refractivity contribution in [2.75, 3.05) is 19.0 Å². The van der Waals surface area contributed by atoms with Gasteiger partial charge in [-0.15, -0.1) is 11.6 Å². The molecule has 2 N–H and O–H groups in total. The highest BCUT2D eigenvalue weighted by Gasteiger charge is 2.37. The number of carbonyl (C=O) groups is 3. The molecule has 1 saturated carbocycles. The van der Waals surface area contributed by atoms with Crippen molar-refractivity contribution in [2.24, 2.45) is 11.3 Å². The highest BCUT2D eigenvalue weighted by Crippen LogP contribution is 2.26. The molecular weight excluding hydrogens is 433 g/mol. The summed E-state index contributed by atoms with van der Waals surface area (Å²) in [7, 11) is 0. The van der Waals surface area contributed by atoms with Crippen LogP contribution in [0.3, 0.4) is 0 Å². The molecular formula is C24H33ClFN3O3. The van der Waals surface area contributed by atoms with Crippen molar-refractivity contribution in [2.45, 2.75) is 64.5 Å². The fourth-order valence-corrected chi connectivity index (χ4v) is 4.61. The molecule has 3 rings (SSSR count). The number of hydrogen-bond acceptors (Lipinski definition) is 3. The van der Waals surface area contributed by atoms with Crippen LogP contribution in [0, 0.1) is 17.2 Å². The van der Waals surface area contributed by atoms with Crippen molar-refractivity contribution in [3.8, 4) is 0 Å². The van der Waals surface area contributed by atoms with E-state index in [0.29, 0.717) is 18.7 Å². The van der Waals surface area contributed by atoms with Gasteiger partial charge in [0.2, 0.25) is 11.8 Å². The Balaban J connectivity index is 1.60. The highest BCUT2D eigenvalue weighted by atomic mass is 35.5. The van der Waals surface area contributed by atoms with Gasteiger partial charge in [0.25, 0.3) is 5.91 Å². The molecule has 0 spiro atoms. The number of rotatable bonds is 6. The average Bonchev–Trinajstić information content (AvgIpc) is 2.80. The molecule has 3 atom stereocenters. The van der Waals surface area contributed by atoms with Crippen LogP contribution < -0.4 is 10.6 Å². The smallest absolute Gasteiger partial charge is 0.251 e. The van der Waals surface area contributed by atoms with Crippen LogP contribution in [-0.4, -0.2) is 53.7 Å². The number of alkyl halides is 1. The molecule has 0 unspecified atom stereocenters. The number of carbonyl (C=O) groups excluding carboxylic acids is 3. The van der Waals surface area contributed by atoms with Gasteiger partial charge in [0, 0.05) is 36.6 Å². The molecule has 1 aromatic carbocycles. The Morgan fingerprint density at radius 1 is 1.03 bits per heavy atom. The van der Waals surface area contributed by atoms with Crippen molar-refractivity contribution < 1.29 is 18.8 Å². The van der Waals surface area contributed by atoms with E-state index in [9.17, 15) is 18.8 Å². The quantitative estimate of drug-likeness (QED) is 0.631. The zero-order valence-electron chi connectivity index (χ0n) is 18.8. The largest absolute Gasteiger partial charge is 0.351 e. The minimum atomic E-state index is -0.654. The second-order valence-corrected chi connectivity index (χ2v) is 9.86. The fraction of sp³-hybridized carbons (Fsp3) is 0.625. The maximum Gasteiger partial charge on any atom is 0.251 e. The lowest BCUT2D eigenvalue weighted by molar-refractivity contribution is -0.142. The first-order valence-corrected chi connectivity index (χ1v) is 12.0. The number of halogens is 2. The Morgan fingerprint density at radius 2 is 1.66 bits per heavy atom. The summed E-state index contributed by atoms with van der Waals surface area (Å²) in [4.78, 5) is 40.2. The van der Waals surface area contributed by atoms with Crippen LogP contribution in [0.2, 0.25) is 0 Å². The Labute approximate surface area is 194 Å². The molecule has 0 aromatic heterocycles. The number of benzene rings is 1. The first kappa shape index (κ1) is 24.5. The van der Waals surface area contributed by atoms with Crippen molar-refractivity contribution in [3.63, 3.8) is 0 Å². The van der Waals surface area contributed by atoms with E-state index in [-0.39, 0.29) is 41.6 Å². The van der Waals surface area contributed by atoms with Crippen LogP contribution >= 0.6 is 11.6 Å². The second-order valence-electron chi connectivity index (χ2n) is 9.59. The number of piperidine rings is 1. The molecule has 3 amide bonds. The van der Waals surface area contributed by atoms with Crippen LogP contribution in [0.15, 0.2) is 24.3 Å². The van der Waals surface area contributed by atoms with Gasteiger partial charge in [0.15, 0.2) is 0 Å². The first-order chi connectivity index (χ1) is 15.2. The SMILES string of the molecule is CC(C)(CCl)C(=O)N1CCC[C@H](C(=O)N[C@@H]2CCCC[C@H]2NC(=O)c2ccc(F)cc2)C1. The molecule has 1 saturated heterocycles. The van der Waals surface area contributed by atoms with Crippen LogP contribution in [0.4, 0.5) is 4.39 Å². The highest BCUT2D eigenvalue weighted by molar-refractivity contribution is 6.19. The average molecular weight is 466 g/mol. The van der Waals surface area contributed by atoms with E-state index >= 15 is 0 Å². The van der Waals surface area contributed by atoms with E-state index in [0.717, 1.165) is 38.5 Å². The fourth-order valence-electron chi connectivity index (χ4n) is 4.49. The lowest BCUT2D eigenvalue weighted by Gasteiger charge is -2.38. The van der Waals surface area contributed by atoms with E-state index < -0.39 is 11.2 Å². The number of nitrogens with one attached hydrogen (secondary N) is 2. The predicted molar refractivity (Wildman–Crippen MR) is 122 cm³/mol. The molecule has 1 aliphatic carbocycles. The Hall–Kier alpha value is -2.15. The topological polar surface area (TPSA) is 78.5 Å². The van der Waals surface area contributed by atoms with Crippen LogP contribution in [-0.2, 0) is 9.59 Å². The lowest BCUT2D eigenvalue weighted by atomic mass is 9.88. The van der Waals surface area contributed by atoms with Gasteiger partial charge >= 0.3 is 0 Å². The van der Waals surface area contributed by atoms with E-state index in [4.69, 9.17) is 11.6 Å². The molecule has 2 fully saturated rings. The summed E-state index contributed by atoms with van der Waals surface area (Å²) in [6.45, 7) is 4.68. The van der Waals surface area contributed by atoms with Crippen LogP contribution in [0.25, 0.3) is 0 Å². The third-order valence-electron chi connectivity index (χ3n) is 6.51. The van der Waals surface area contributed by atoms with E-state index in [1.165, 1.54) is 24.3 Å². The van der Waals surface area contributed by atoms with Gasteiger partial charge < -0.3 is 15.5 Å². The van der Waals surface area contributed by atoms with Crippen molar-refractivity contribution in [1.29, 1.82) is 0 Å². The Kier molecular flexibility index (Phi) is 8.15. The molecule has 1 aromatic rings. The maximum absolute atomic E-state index is 13.1. The molecule has 32 heavy (non-hydrogen) atoms. The number of likely N-dealkylation sites (tertiary alicyclic amines) is 1. The van der Waals surface area contributed by atoms with E-state index in [1.54, 1.807) is 4.90 Å². The first-order valence-electron chi connectivity index (χ1n) is 11.4. The van der Waals surface area contributed by atoms with Crippen LogP contribution in [0.1, 0.15) is 62.7 Å². The van der Waals surface area contributed by atoms with Crippen molar-refractivity contribution in [1.82, 2.24) is 15.5 Å². The minimum Gasteiger partial charge on any atom is -0.351 e.